The summed E-state index contributed by atoms with van der Waals surface area (Å²) in [5.41, 5.74) is 0.525. The number of nitrogens with one attached hydrogen (secondary N) is 1. The number of benzene rings is 1. The van der Waals surface area contributed by atoms with Gasteiger partial charge in [0.25, 0.3) is 5.91 Å². The highest BCUT2D eigenvalue weighted by Crippen LogP contribution is 2.41. The van der Waals surface area contributed by atoms with Crippen LogP contribution in [0.1, 0.15) is 25.0 Å². The minimum absolute atomic E-state index is 0.271. The second-order valence-corrected chi connectivity index (χ2v) is 7.56. The van der Waals surface area contributed by atoms with Gasteiger partial charge in [-0.15, -0.1) is 11.8 Å². The molecule has 2 aromatic rings. The lowest BCUT2D eigenvalue weighted by molar-refractivity contribution is -0.160. The molecular formula is C20H22N2O6S. The summed E-state index contributed by atoms with van der Waals surface area (Å²) in [6.07, 6.45) is 0.486. The maximum atomic E-state index is 12.7. The van der Waals surface area contributed by atoms with E-state index in [4.69, 9.17) is 13.9 Å². The average molecular weight is 418 g/mol. The minimum atomic E-state index is -1.03. The first kappa shape index (κ1) is 20.8. The molecule has 1 N–H and O–H groups in total. The molecule has 1 saturated heterocycles. The van der Waals surface area contributed by atoms with E-state index < -0.39 is 29.4 Å². The molecule has 0 spiro atoms. The van der Waals surface area contributed by atoms with Crippen molar-refractivity contribution >= 4 is 35.2 Å². The number of hydrogen-bond acceptors (Lipinski definition) is 7. The molecule has 1 fully saturated rings. The lowest BCUT2D eigenvalue weighted by atomic mass is 10.2. The van der Waals surface area contributed by atoms with Gasteiger partial charge in [-0.3, -0.25) is 9.59 Å². The first-order chi connectivity index (χ1) is 13.9. The van der Waals surface area contributed by atoms with Crippen molar-refractivity contribution in [3.05, 3.63) is 48.4 Å². The molecule has 1 aromatic carbocycles. The molecule has 2 amide bonds. The Morgan fingerprint density at radius 1 is 1.28 bits per heavy atom. The number of anilines is 1. The molecule has 3 atom stereocenters. The third kappa shape index (κ3) is 4.73. The normalized spacial score (nSPS) is 19.5. The van der Waals surface area contributed by atoms with Crippen molar-refractivity contribution in [1.82, 2.24) is 4.90 Å². The van der Waals surface area contributed by atoms with Gasteiger partial charge in [0.15, 0.2) is 6.10 Å². The summed E-state index contributed by atoms with van der Waals surface area (Å²) in [4.78, 5) is 38.7. The topological polar surface area (TPSA) is 98.1 Å². The molecule has 0 aliphatic carbocycles. The molecule has 154 valence electrons. The second kappa shape index (κ2) is 9.04. The first-order valence-corrected chi connectivity index (χ1v) is 10.0. The Morgan fingerprint density at radius 3 is 2.72 bits per heavy atom. The fourth-order valence-corrected chi connectivity index (χ4v) is 4.39. The summed E-state index contributed by atoms with van der Waals surface area (Å²) in [5.74, 6) is 0.158. The number of amides is 2. The van der Waals surface area contributed by atoms with E-state index >= 15 is 0 Å². The van der Waals surface area contributed by atoms with Crippen LogP contribution in [-0.4, -0.2) is 47.7 Å². The minimum Gasteiger partial charge on any atom is -0.497 e. The summed E-state index contributed by atoms with van der Waals surface area (Å²) in [5, 5.41) is 2.28. The van der Waals surface area contributed by atoms with Crippen LogP contribution in [0.4, 0.5) is 5.69 Å². The number of thioether (sulfide) groups is 1. The van der Waals surface area contributed by atoms with Gasteiger partial charge in [-0.2, -0.15) is 0 Å². The fraction of sp³-hybridized carbons (Fsp3) is 0.350. The number of furan rings is 1. The molecule has 0 saturated carbocycles. The fourth-order valence-electron chi connectivity index (χ4n) is 2.97. The quantitative estimate of drug-likeness (QED) is 0.720. The van der Waals surface area contributed by atoms with Gasteiger partial charge in [-0.25, -0.2) is 4.79 Å². The Balaban J connectivity index is 1.63. The Hall–Kier alpha value is -2.94. The van der Waals surface area contributed by atoms with E-state index in [9.17, 15) is 14.4 Å². The van der Waals surface area contributed by atoms with Crippen molar-refractivity contribution in [3.8, 4) is 5.75 Å². The summed E-state index contributed by atoms with van der Waals surface area (Å²) >= 11 is 1.41. The van der Waals surface area contributed by atoms with Crippen molar-refractivity contribution in [2.24, 2.45) is 0 Å². The summed E-state index contributed by atoms with van der Waals surface area (Å²) in [6.45, 7) is 2.87. The van der Waals surface area contributed by atoms with Crippen LogP contribution in [0, 0.1) is 0 Å². The molecule has 3 rings (SSSR count). The molecule has 0 radical (unpaired) electrons. The van der Waals surface area contributed by atoms with Crippen LogP contribution in [0.15, 0.2) is 47.1 Å². The lowest BCUT2D eigenvalue weighted by Crippen LogP contribution is -2.44. The smallest absolute Gasteiger partial charge is 0.330 e. The molecule has 1 aromatic heterocycles. The largest absolute Gasteiger partial charge is 0.497 e. The van der Waals surface area contributed by atoms with Gasteiger partial charge in [-0.1, -0.05) is 6.07 Å². The predicted octanol–water partition coefficient (Wildman–Crippen LogP) is 2.82. The van der Waals surface area contributed by atoms with Gasteiger partial charge < -0.3 is 24.1 Å². The standard InChI is InChI=1S/C20H22N2O6S/c1-12(18(24)21-14-6-4-7-15(10-14)26-3)28-20(25)16-11-29-19(22(16)13(2)23)17-8-5-9-27-17/h4-10,12,16,19H,11H2,1-3H3,(H,21,24)/t12-,16+,19+/m0/s1. The zero-order chi connectivity index (χ0) is 21.0. The van der Waals surface area contributed by atoms with E-state index in [1.807, 2.05) is 0 Å². The molecule has 2 heterocycles. The molecule has 0 bridgehead atoms. The summed E-state index contributed by atoms with van der Waals surface area (Å²) < 4.78 is 15.9. The number of carbonyl (C=O) groups excluding carboxylic acids is 3. The Bertz CT molecular complexity index is 885. The molecular weight excluding hydrogens is 396 g/mol. The molecule has 29 heavy (non-hydrogen) atoms. The van der Waals surface area contributed by atoms with Crippen molar-refractivity contribution in [1.29, 1.82) is 0 Å². The van der Waals surface area contributed by atoms with Gasteiger partial charge >= 0.3 is 5.97 Å². The van der Waals surface area contributed by atoms with E-state index in [-0.39, 0.29) is 5.91 Å². The third-order valence-electron chi connectivity index (χ3n) is 4.42. The number of esters is 1. The lowest BCUT2D eigenvalue weighted by Gasteiger charge is -2.26. The summed E-state index contributed by atoms with van der Waals surface area (Å²) in [7, 11) is 1.53. The average Bonchev–Trinajstić information content (AvgIpc) is 3.37. The predicted molar refractivity (Wildman–Crippen MR) is 107 cm³/mol. The van der Waals surface area contributed by atoms with Crippen molar-refractivity contribution in [2.75, 3.05) is 18.2 Å². The van der Waals surface area contributed by atoms with Crippen molar-refractivity contribution in [2.45, 2.75) is 31.4 Å². The maximum Gasteiger partial charge on any atom is 0.330 e. The van der Waals surface area contributed by atoms with Gasteiger partial charge in [0, 0.05) is 24.4 Å². The number of carbonyl (C=O) groups is 3. The van der Waals surface area contributed by atoms with E-state index in [2.05, 4.69) is 5.32 Å². The van der Waals surface area contributed by atoms with Crippen LogP contribution in [0.5, 0.6) is 5.75 Å². The SMILES string of the molecule is COc1cccc(NC(=O)[C@H](C)OC(=O)[C@H]2CS[C@H](c3ccco3)N2C(C)=O)c1. The van der Waals surface area contributed by atoms with E-state index in [1.54, 1.807) is 36.4 Å². The second-order valence-electron chi connectivity index (χ2n) is 6.44. The number of ether oxygens (including phenoxy) is 2. The van der Waals surface area contributed by atoms with Gasteiger partial charge in [0.2, 0.25) is 5.91 Å². The van der Waals surface area contributed by atoms with Crippen LogP contribution in [0.2, 0.25) is 0 Å². The van der Waals surface area contributed by atoms with Crippen LogP contribution >= 0.6 is 11.8 Å². The molecule has 9 heteroatoms. The third-order valence-corrected chi connectivity index (χ3v) is 5.71. The number of methoxy groups -OCH3 is 1. The Kier molecular flexibility index (Phi) is 6.48. The zero-order valence-electron chi connectivity index (χ0n) is 16.3. The monoisotopic (exact) mass is 418 g/mol. The van der Waals surface area contributed by atoms with E-state index in [0.717, 1.165) is 0 Å². The number of nitrogens with zero attached hydrogens (tertiary/aromatic N) is 1. The molecule has 0 unspecified atom stereocenters. The highest BCUT2D eigenvalue weighted by Gasteiger charge is 2.43. The summed E-state index contributed by atoms with van der Waals surface area (Å²) in [6, 6.07) is 9.54. The molecule has 1 aliphatic heterocycles. The Labute approximate surface area is 172 Å². The maximum absolute atomic E-state index is 12.7. The first-order valence-electron chi connectivity index (χ1n) is 9.00. The van der Waals surface area contributed by atoms with Crippen LogP contribution in [0.3, 0.4) is 0 Å². The van der Waals surface area contributed by atoms with Crippen molar-refractivity contribution < 1.29 is 28.3 Å². The highest BCUT2D eigenvalue weighted by atomic mass is 32.2. The van der Waals surface area contributed by atoms with Gasteiger partial charge in [-0.05, 0) is 31.2 Å². The number of hydrogen-bond donors (Lipinski definition) is 1. The molecule has 1 aliphatic rings. The van der Waals surface area contributed by atoms with E-state index in [1.165, 1.54) is 43.9 Å². The van der Waals surface area contributed by atoms with Gasteiger partial charge in [0.1, 0.15) is 22.9 Å². The zero-order valence-corrected chi connectivity index (χ0v) is 17.1. The van der Waals surface area contributed by atoms with Crippen LogP contribution in [0.25, 0.3) is 0 Å². The Morgan fingerprint density at radius 2 is 2.07 bits per heavy atom. The highest BCUT2D eigenvalue weighted by molar-refractivity contribution is 7.99. The van der Waals surface area contributed by atoms with Crippen LogP contribution < -0.4 is 10.1 Å². The molecule has 8 nitrogen and oxygen atoms in total. The van der Waals surface area contributed by atoms with Gasteiger partial charge in [0.05, 0.1) is 13.4 Å². The van der Waals surface area contributed by atoms with E-state index in [0.29, 0.717) is 22.9 Å². The number of rotatable bonds is 6. The van der Waals surface area contributed by atoms with Crippen LogP contribution in [-0.2, 0) is 19.1 Å². The van der Waals surface area contributed by atoms with Crippen molar-refractivity contribution in [3.63, 3.8) is 0 Å².